The van der Waals surface area contributed by atoms with E-state index in [0.717, 1.165) is 12.8 Å². The van der Waals surface area contributed by atoms with Crippen molar-refractivity contribution in [1.82, 2.24) is 20.4 Å². The molecule has 5 N–H and O–H groups in total. The Bertz CT molecular complexity index is 1240. The molecule has 174 valence electrons. The number of carbonyl (C=O) groups is 2. The number of carbonyl (C=O) groups excluding carboxylic acids is 2. The molecule has 0 spiro atoms. The molecular formula is C24H24FN7O2. The normalized spacial score (nSPS) is 12.6. The Morgan fingerprint density at radius 3 is 2.68 bits per heavy atom. The van der Waals surface area contributed by atoms with Crippen molar-refractivity contribution < 1.29 is 14.0 Å². The van der Waals surface area contributed by atoms with Gasteiger partial charge in [0.15, 0.2) is 0 Å². The van der Waals surface area contributed by atoms with Gasteiger partial charge in [0.25, 0.3) is 5.91 Å². The molecule has 9 nitrogen and oxygen atoms in total. The first-order valence-corrected chi connectivity index (χ1v) is 10.9. The van der Waals surface area contributed by atoms with E-state index in [1.165, 1.54) is 28.9 Å². The first-order valence-electron chi connectivity index (χ1n) is 10.9. The number of aromatic nitrogens is 2. The maximum absolute atomic E-state index is 13.2. The lowest BCUT2D eigenvalue weighted by Crippen LogP contribution is -2.30. The summed E-state index contributed by atoms with van der Waals surface area (Å²) in [6, 6.07) is 14.4. The summed E-state index contributed by atoms with van der Waals surface area (Å²) in [5.41, 5.74) is 8.35. The Morgan fingerprint density at radius 1 is 1.21 bits per heavy atom. The van der Waals surface area contributed by atoms with Gasteiger partial charge in [0, 0.05) is 23.8 Å². The number of benzene rings is 2. The van der Waals surface area contributed by atoms with Crippen molar-refractivity contribution in [3.05, 3.63) is 71.2 Å². The van der Waals surface area contributed by atoms with Crippen molar-refractivity contribution in [2.24, 2.45) is 0 Å². The number of aryl methyl sites for hydroxylation is 1. The van der Waals surface area contributed by atoms with Crippen LogP contribution < -0.4 is 21.7 Å². The summed E-state index contributed by atoms with van der Waals surface area (Å²) in [5, 5.41) is 22.3. The van der Waals surface area contributed by atoms with Crippen LogP contribution in [0.15, 0.2) is 48.5 Å². The average Bonchev–Trinajstić information content (AvgIpc) is 3.58. The number of anilines is 2. The van der Waals surface area contributed by atoms with Crippen molar-refractivity contribution >= 4 is 23.4 Å². The number of nitriles is 1. The first kappa shape index (κ1) is 22.8. The van der Waals surface area contributed by atoms with E-state index >= 15 is 0 Å². The smallest absolute Gasteiger partial charge is 0.319 e. The number of hydrogen-bond donors (Lipinski definition) is 4. The molecule has 3 aromatic rings. The van der Waals surface area contributed by atoms with Crippen LogP contribution >= 0.6 is 0 Å². The Hall–Kier alpha value is -4.39. The van der Waals surface area contributed by atoms with Crippen molar-refractivity contribution in [3.63, 3.8) is 0 Å². The number of nitrogens with zero attached hydrogens (tertiary/aromatic N) is 3. The van der Waals surface area contributed by atoms with Gasteiger partial charge in [-0.3, -0.25) is 4.79 Å². The lowest BCUT2D eigenvalue weighted by molar-refractivity contribution is 0.0953. The van der Waals surface area contributed by atoms with Crippen molar-refractivity contribution in [1.29, 1.82) is 5.26 Å². The Balaban J connectivity index is 1.32. The van der Waals surface area contributed by atoms with Crippen molar-refractivity contribution in [3.8, 4) is 11.8 Å². The second-order valence-corrected chi connectivity index (χ2v) is 8.02. The summed E-state index contributed by atoms with van der Waals surface area (Å²) in [6.45, 7) is 0.354. The number of amides is 3. The van der Waals surface area contributed by atoms with E-state index in [-0.39, 0.29) is 35.2 Å². The molecule has 0 radical (unpaired) electrons. The minimum Gasteiger partial charge on any atom is -0.382 e. The average molecular weight is 462 g/mol. The Morgan fingerprint density at radius 2 is 1.97 bits per heavy atom. The van der Waals surface area contributed by atoms with E-state index in [4.69, 9.17) is 5.73 Å². The van der Waals surface area contributed by atoms with Crippen LogP contribution in [0.5, 0.6) is 0 Å². The molecule has 34 heavy (non-hydrogen) atoms. The van der Waals surface area contributed by atoms with Gasteiger partial charge >= 0.3 is 6.03 Å². The highest BCUT2D eigenvalue weighted by molar-refractivity contribution is 5.96. The molecule has 1 aliphatic rings. The van der Waals surface area contributed by atoms with Gasteiger partial charge in [-0.15, -0.1) is 0 Å². The second kappa shape index (κ2) is 10.0. The molecule has 0 saturated heterocycles. The van der Waals surface area contributed by atoms with Gasteiger partial charge in [0.1, 0.15) is 23.3 Å². The highest BCUT2D eigenvalue weighted by atomic mass is 19.1. The third kappa shape index (κ3) is 5.50. The number of nitrogens with two attached hydrogens (primary N) is 1. The van der Waals surface area contributed by atoms with Gasteiger partial charge in [-0.25, -0.2) is 13.9 Å². The van der Waals surface area contributed by atoms with E-state index in [1.807, 2.05) is 0 Å². The fourth-order valence-corrected chi connectivity index (χ4v) is 3.43. The molecule has 0 unspecified atom stereocenters. The minimum atomic E-state index is -0.381. The van der Waals surface area contributed by atoms with Gasteiger partial charge in [0.2, 0.25) is 0 Å². The van der Waals surface area contributed by atoms with E-state index in [0.29, 0.717) is 42.0 Å². The van der Waals surface area contributed by atoms with Crippen LogP contribution in [0.3, 0.4) is 0 Å². The molecule has 0 bridgehead atoms. The monoisotopic (exact) mass is 461 g/mol. The maximum Gasteiger partial charge on any atom is 0.319 e. The zero-order chi connectivity index (χ0) is 24.1. The Kier molecular flexibility index (Phi) is 6.73. The van der Waals surface area contributed by atoms with E-state index < -0.39 is 0 Å². The molecule has 1 aliphatic carbocycles. The van der Waals surface area contributed by atoms with Crippen LogP contribution in [-0.2, 0) is 6.42 Å². The van der Waals surface area contributed by atoms with E-state index in [1.54, 1.807) is 24.3 Å². The van der Waals surface area contributed by atoms with Crippen molar-refractivity contribution in [2.75, 3.05) is 17.6 Å². The molecular weight excluding hydrogens is 437 g/mol. The quantitative estimate of drug-likeness (QED) is 0.382. The highest BCUT2D eigenvalue weighted by Crippen LogP contribution is 2.22. The zero-order valence-electron chi connectivity index (χ0n) is 18.3. The molecule has 0 aliphatic heterocycles. The fraction of sp³-hybridized carbons (Fsp3) is 0.250. The topological polar surface area (TPSA) is 138 Å². The molecule has 1 saturated carbocycles. The van der Waals surface area contributed by atoms with Gasteiger partial charge < -0.3 is 21.7 Å². The summed E-state index contributed by atoms with van der Waals surface area (Å²) in [7, 11) is 0. The predicted molar refractivity (Wildman–Crippen MR) is 125 cm³/mol. The zero-order valence-corrected chi connectivity index (χ0v) is 18.3. The predicted octanol–water partition coefficient (Wildman–Crippen LogP) is 3.11. The van der Waals surface area contributed by atoms with Crippen LogP contribution in [0.25, 0.3) is 5.69 Å². The number of nitrogen functional groups attached to an aromatic ring is 1. The van der Waals surface area contributed by atoms with Gasteiger partial charge in [-0.05, 0) is 68.1 Å². The summed E-state index contributed by atoms with van der Waals surface area (Å²) in [6.07, 6.45) is 2.93. The highest BCUT2D eigenvalue weighted by Gasteiger charge is 2.23. The third-order valence-electron chi connectivity index (χ3n) is 5.35. The molecule has 1 aromatic heterocycles. The second-order valence-electron chi connectivity index (χ2n) is 8.02. The van der Waals surface area contributed by atoms with Gasteiger partial charge in [-0.1, -0.05) is 6.07 Å². The number of hydrogen-bond acceptors (Lipinski definition) is 5. The molecule has 0 atom stereocenters. The molecule has 10 heteroatoms. The first-order chi connectivity index (χ1) is 16.4. The number of rotatable bonds is 8. The van der Waals surface area contributed by atoms with Crippen LogP contribution in [0.4, 0.5) is 20.7 Å². The largest absolute Gasteiger partial charge is 0.382 e. The number of halogens is 1. The Labute approximate surface area is 195 Å². The SMILES string of the molecule is N#Cc1c(CCCNC(=O)c2cccc(NC(=O)NC3CC3)c2)nn(-c2ccc(F)cc2)c1N. The van der Waals surface area contributed by atoms with Crippen LogP contribution in [0.1, 0.15) is 40.9 Å². The van der Waals surface area contributed by atoms with Crippen LogP contribution in [0.2, 0.25) is 0 Å². The summed E-state index contributed by atoms with van der Waals surface area (Å²) < 4.78 is 14.6. The van der Waals surface area contributed by atoms with Gasteiger partial charge in [0.05, 0.1) is 11.4 Å². The van der Waals surface area contributed by atoms with Crippen LogP contribution in [0, 0.1) is 17.1 Å². The number of urea groups is 1. The molecule has 1 fully saturated rings. The van der Waals surface area contributed by atoms with E-state index in [2.05, 4.69) is 27.1 Å². The summed E-state index contributed by atoms with van der Waals surface area (Å²) >= 11 is 0. The third-order valence-corrected chi connectivity index (χ3v) is 5.35. The molecule has 1 heterocycles. The van der Waals surface area contributed by atoms with Gasteiger partial charge in [-0.2, -0.15) is 10.4 Å². The standard InChI is InChI=1S/C24H24FN7O2/c25-16-6-10-19(11-7-16)32-22(27)20(14-26)21(31-32)5-2-12-28-23(33)15-3-1-4-18(13-15)30-24(34)29-17-8-9-17/h1,3-4,6-7,10-11,13,17H,2,5,8-9,12,27H2,(H,28,33)(H2,29,30,34). The summed E-state index contributed by atoms with van der Waals surface area (Å²) in [4.78, 5) is 24.4. The fourth-order valence-electron chi connectivity index (χ4n) is 3.43. The molecule has 3 amide bonds. The lowest BCUT2D eigenvalue weighted by atomic mass is 10.1. The van der Waals surface area contributed by atoms with Crippen molar-refractivity contribution in [2.45, 2.75) is 31.7 Å². The molecule has 4 rings (SSSR count). The number of nitrogens with one attached hydrogen (secondary N) is 3. The maximum atomic E-state index is 13.2. The lowest BCUT2D eigenvalue weighted by Gasteiger charge is -2.09. The van der Waals surface area contributed by atoms with Crippen LogP contribution in [-0.4, -0.2) is 34.3 Å². The minimum absolute atomic E-state index is 0.184. The van der Waals surface area contributed by atoms with E-state index in [9.17, 15) is 19.2 Å². The summed E-state index contributed by atoms with van der Waals surface area (Å²) in [5.74, 6) is -0.472. The molecule has 2 aromatic carbocycles.